The van der Waals surface area contributed by atoms with Crippen molar-refractivity contribution in [3.8, 4) is 0 Å². The number of nitrogens with one attached hydrogen (secondary N) is 1. The van der Waals surface area contributed by atoms with Crippen molar-refractivity contribution in [2.24, 2.45) is 5.73 Å². The summed E-state index contributed by atoms with van der Waals surface area (Å²) in [6.07, 6.45) is -3.73. The van der Waals surface area contributed by atoms with Gasteiger partial charge >= 0.3 is 6.18 Å². The largest absolute Gasteiger partial charge is 0.417 e. The Balaban J connectivity index is 2.38. The lowest BCUT2D eigenvalue weighted by Gasteiger charge is -2.27. The molecule has 1 atom stereocenters. The number of alkyl halides is 3. The van der Waals surface area contributed by atoms with E-state index in [0.29, 0.717) is 5.69 Å². The fourth-order valence-corrected chi connectivity index (χ4v) is 2.38. The Labute approximate surface area is 114 Å². The summed E-state index contributed by atoms with van der Waals surface area (Å²) in [4.78, 5) is 12.9. The Morgan fingerprint density at radius 3 is 2.65 bits per heavy atom. The number of carbonyl (C=O) groups is 1. The second-order valence-electron chi connectivity index (χ2n) is 4.85. The van der Waals surface area contributed by atoms with Crippen molar-refractivity contribution in [2.75, 3.05) is 25.0 Å². The average molecular weight is 287 g/mol. The summed E-state index contributed by atoms with van der Waals surface area (Å²) in [6.45, 7) is 1.58. The molecule has 1 heterocycles. The van der Waals surface area contributed by atoms with Gasteiger partial charge in [-0.3, -0.25) is 4.79 Å². The third kappa shape index (κ3) is 2.87. The first-order valence-electron chi connectivity index (χ1n) is 6.25. The van der Waals surface area contributed by atoms with Crippen LogP contribution < -0.4 is 16.0 Å². The molecular formula is C13H16F3N3O. The van der Waals surface area contributed by atoms with Crippen molar-refractivity contribution < 1.29 is 18.0 Å². The van der Waals surface area contributed by atoms with Gasteiger partial charge in [-0.25, -0.2) is 0 Å². The maximum Gasteiger partial charge on any atom is 0.417 e. The van der Waals surface area contributed by atoms with Crippen LogP contribution in [0.25, 0.3) is 0 Å². The smallest absolute Gasteiger partial charge is 0.370 e. The molecule has 0 aliphatic carbocycles. The lowest BCUT2D eigenvalue weighted by molar-refractivity contribution is -0.137. The van der Waals surface area contributed by atoms with Gasteiger partial charge in [0.2, 0.25) is 5.91 Å². The highest BCUT2D eigenvalue weighted by Crippen LogP contribution is 2.35. The Kier molecular flexibility index (Phi) is 3.89. The summed E-state index contributed by atoms with van der Waals surface area (Å²) in [6, 6.07) is 3.77. The summed E-state index contributed by atoms with van der Waals surface area (Å²) in [5, 5.41) is 3.16. The first-order valence-corrected chi connectivity index (χ1v) is 6.25. The molecule has 1 unspecified atom stereocenters. The Bertz CT molecular complexity index is 510. The highest BCUT2D eigenvalue weighted by atomic mass is 19.4. The minimum Gasteiger partial charge on any atom is -0.370 e. The second-order valence-corrected chi connectivity index (χ2v) is 4.85. The zero-order chi connectivity index (χ0) is 14.9. The number of amides is 1. The quantitative estimate of drug-likeness (QED) is 0.888. The van der Waals surface area contributed by atoms with Crippen LogP contribution in [0.15, 0.2) is 18.2 Å². The number of hydrogen-bond donors (Lipinski definition) is 2. The average Bonchev–Trinajstić information content (AvgIpc) is 2.89. The number of likely N-dealkylation sites (N-methyl/N-ethyl adjacent to an activating group) is 1. The van der Waals surface area contributed by atoms with Gasteiger partial charge in [-0.1, -0.05) is 0 Å². The molecule has 1 saturated heterocycles. The number of rotatable bonds is 3. The third-order valence-electron chi connectivity index (χ3n) is 3.56. The zero-order valence-electron chi connectivity index (χ0n) is 11.0. The van der Waals surface area contributed by atoms with E-state index in [0.717, 1.165) is 31.6 Å². The van der Waals surface area contributed by atoms with E-state index in [1.807, 2.05) is 0 Å². The molecule has 3 N–H and O–H groups in total. The van der Waals surface area contributed by atoms with Gasteiger partial charge < -0.3 is 16.0 Å². The third-order valence-corrected chi connectivity index (χ3v) is 3.56. The van der Waals surface area contributed by atoms with Crippen LogP contribution in [0.4, 0.5) is 18.9 Å². The predicted molar refractivity (Wildman–Crippen MR) is 69.6 cm³/mol. The van der Waals surface area contributed by atoms with Gasteiger partial charge in [0.1, 0.15) is 0 Å². The van der Waals surface area contributed by atoms with Gasteiger partial charge in [-0.2, -0.15) is 13.2 Å². The lowest BCUT2D eigenvalue weighted by Crippen LogP contribution is -2.33. The Morgan fingerprint density at radius 1 is 1.45 bits per heavy atom. The number of anilines is 1. The van der Waals surface area contributed by atoms with Gasteiger partial charge in [-0.05, 0) is 31.2 Å². The molecule has 1 fully saturated rings. The molecule has 110 valence electrons. The number of halogens is 3. The van der Waals surface area contributed by atoms with E-state index < -0.39 is 23.2 Å². The van der Waals surface area contributed by atoms with Gasteiger partial charge in [0.15, 0.2) is 0 Å². The van der Waals surface area contributed by atoms with Crippen molar-refractivity contribution in [3.63, 3.8) is 0 Å². The Morgan fingerprint density at radius 2 is 2.15 bits per heavy atom. The number of nitrogens with zero attached hydrogens (tertiary/aromatic N) is 1. The molecule has 1 aromatic rings. The first kappa shape index (κ1) is 14.6. The monoisotopic (exact) mass is 287 g/mol. The summed E-state index contributed by atoms with van der Waals surface area (Å²) in [5.41, 5.74) is 3.94. The van der Waals surface area contributed by atoms with E-state index in [1.165, 1.54) is 6.07 Å². The van der Waals surface area contributed by atoms with Gasteiger partial charge in [0.05, 0.1) is 11.1 Å². The van der Waals surface area contributed by atoms with Crippen LogP contribution in [0.3, 0.4) is 0 Å². The molecule has 7 heteroatoms. The van der Waals surface area contributed by atoms with Crippen LogP contribution in [0.1, 0.15) is 22.3 Å². The van der Waals surface area contributed by atoms with Gasteiger partial charge in [0, 0.05) is 25.3 Å². The number of benzene rings is 1. The van der Waals surface area contributed by atoms with Crippen LogP contribution >= 0.6 is 0 Å². The van der Waals surface area contributed by atoms with Crippen LogP contribution in [0.5, 0.6) is 0 Å². The molecule has 20 heavy (non-hydrogen) atoms. The van der Waals surface area contributed by atoms with Gasteiger partial charge in [0.25, 0.3) is 0 Å². The highest BCUT2D eigenvalue weighted by molar-refractivity contribution is 5.95. The number of primary amides is 1. The standard InChI is InChI=1S/C13H16F3N3O/c1-19(9-4-5-18-7-9)8-2-3-10(12(17)20)11(6-8)13(14,15)16/h2-3,6,9,18H,4-5,7H2,1H3,(H2,17,20). The van der Waals surface area contributed by atoms with Gasteiger partial charge in [-0.15, -0.1) is 0 Å². The van der Waals surface area contributed by atoms with E-state index >= 15 is 0 Å². The highest BCUT2D eigenvalue weighted by Gasteiger charge is 2.35. The van der Waals surface area contributed by atoms with Crippen LogP contribution in [0.2, 0.25) is 0 Å². The number of carbonyl (C=O) groups excluding carboxylic acids is 1. The minimum atomic E-state index is -4.60. The second kappa shape index (κ2) is 5.32. The van der Waals surface area contributed by atoms with Crippen LogP contribution in [-0.4, -0.2) is 32.1 Å². The maximum absolute atomic E-state index is 13.0. The summed E-state index contributed by atoms with van der Waals surface area (Å²) in [5.74, 6) is -1.07. The number of nitrogens with two attached hydrogens (primary N) is 1. The van der Waals surface area contributed by atoms with Crippen LogP contribution in [0, 0.1) is 0 Å². The van der Waals surface area contributed by atoms with E-state index in [2.05, 4.69) is 5.32 Å². The molecule has 1 aliphatic rings. The summed E-state index contributed by atoms with van der Waals surface area (Å²) in [7, 11) is 1.75. The van der Waals surface area contributed by atoms with Crippen molar-refractivity contribution in [3.05, 3.63) is 29.3 Å². The van der Waals surface area contributed by atoms with E-state index in [1.54, 1.807) is 11.9 Å². The lowest BCUT2D eigenvalue weighted by atomic mass is 10.0. The maximum atomic E-state index is 13.0. The van der Waals surface area contributed by atoms with Crippen molar-refractivity contribution in [2.45, 2.75) is 18.6 Å². The molecule has 4 nitrogen and oxygen atoms in total. The molecule has 1 amide bonds. The van der Waals surface area contributed by atoms with E-state index in [9.17, 15) is 18.0 Å². The SMILES string of the molecule is CN(c1ccc(C(N)=O)c(C(F)(F)F)c1)C1CCNC1. The normalized spacial score (nSPS) is 19.1. The van der Waals surface area contributed by atoms with Crippen LogP contribution in [-0.2, 0) is 6.18 Å². The number of hydrogen-bond acceptors (Lipinski definition) is 3. The minimum absolute atomic E-state index is 0.149. The molecule has 1 aromatic carbocycles. The van der Waals surface area contributed by atoms with Crippen molar-refractivity contribution in [1.29, 1.82) is 0 Å². The topological polar surface area (TPSA) is 58.4 Å². The molecule has 1 aliphatic heterocycles. The molecule has 0 spiro atoms. The molecule has 0 aromatic heterocycles. The molecule has 0 bridgehead atoms. The first-order chi connectivity index (χ1) is 9.30. The zero-order valence-corrected chi connectivity index (χ0v) is 11.0. The molecule has 2 rings (SSSR count). The van der Waals surface area contributed by atoms with Crippen molar-refractivity contribution in [1.82, 2.24) is 5.32 Å². The fourth-order valence-electron chi connectivity index (χ4n) is 2.38. The fraction of sp³-hybridized carbons (Fsp3) is 0.462. The molecule has 0 radical (unpaired) electrons. The van der Waals surface area contributed by atoms with Crippen molar-refractivity contribution >= 4 is 11.6 Å². The summed E-state index contributed by atoms with van der Waals surface area (Å²) >= 11 is 0. The van der Waals surface area contributed by atoms with E-state index in [4.69, 9.17) is 5.73 Å². The predicted octanol–water partition coefficient (Wildman–Crippen LogP) is 1.60. The van der Waals surface area contributed by atoms with E-state index in [-0.39, 0.29) is 6.04 Å². The Hall–Kier alpha value is -1.76. The molecule has 0 saturated carbocycles. The molecular weight excluding hydrogens is 271 g/mol. The summed E-state index contributed by atoms with van der Waals surface area (Å²) < 4.78 is 39.0.